The second-order valence-electron chi connectivity index (χ2n) is 8.63. The van der Waals surface area contributed by atoms with Crippen LogP contribution in [-0.2, 0) is 13.1 Å². The first-order chi connectivity index (χ1) is 15.6. The predicted octanol–water partition coefficient (Wildman–Crippen LogP) is 5.25. The number of nitrogens with two attached hydrogens (primary N) is 1. The van der Waals surface area contributed by atoms with Crippen LogP contribution in [0, 0.1) is 0 Å². The van der Waals surface area contributed by atoms with Crippen molar-refractivity contribution >= 4 is 28.4 Å². The Balaban J connectivity index is 1.30. The van der Waals surface area contributed by atoms with Crippen molar-refractivity contribution in [1.29, 1.82) is 0 Å². The zero-order valence-corrected chi connectivity index (χ0v) is 18.3. The molecule has 162 valence electrons. The molecule has 0 unspecified atom stereocenters. The molecule has 0 atom stereocenters. The zero-order valence-electron chi connectivity index (χ0n) is 18.3. The smallest absolute Gasteiger partial charge is 0.232 e. The molecule has 3 N–H and O–H groups in total. The summed E-state index contributed by atoms with van der Waals surface area (Å²) in [4.78, 5) is 15.5. The van der Waals surface area contributed by atoms with Gasteiger partial charge in [0, 0.05) is 12.2 Å². The molecule has 1 aliphatic rings. The summed E-state index contributed by atoms with van der Waals surface area (Å²) in [6.45, 7) is 1.38. The molecular weight excluding hydrogens is 396 g/mol. The molecule has 1 saturated carbocycles. The number of anilines is 3. The summed E-state index contributed by atoms with van der Waals surface area (Å²) in [6, 6.07) is 23.4. The van der Waals surface area contributed by atoms with Crippen molar-refractivity contribution < 1.29 is 0 Å². The van der Waals surface area contributed by atoms with Crippen LogP contribution in [0.3, 0.4) is 0 Å². The molecule has 0 saturated heterocycles. The maximum atomic E-state index is 6.02. The van der Waals surface area contributed by atoms with Gasteiger partial charge in [0.15, 0.2) is 0 Å². The van der Waals surface area contributed by atoms with Crippen molar-refractivity contribution in [3.05, 3.63) is 83.7 Å². The van der Waals surface area contributed by atoms with Gasteiger partial charge >= 0.3 is 0 Å². The summed E-state index contributed by atoms with van der Waals surface area (Å²) in [5.41, 5.74) is 9.65. The van der Waals surface area contributed by atoms with E-state index >= 15 is 0 Å². The minimum absolute atomic E-state index is 0.234. The first-order valence-corrected chi connectivity index (χ1v) is 11.2. The monoisotopic (exact) mass is 424 g/mol. The summed E-state index contributed by atoms with van der Waals surface area (Å²) in [6.07, 6.45) is 3.77. The Kier molecular flexibility index (Phi) is 5.69. The van der Waals surface area contributed by atoms with Crippen LogP contribution in [0.4, 0.5) is 17.6 Å². The number of nitrogens with zero attached hydrogens (tertiary/aromatic N) is 4. The molecule has 6 nitrogen and oxygen atoms in total. The molecule has 32 heavy (non-hydrogen) atoms. The van der Waals surface area contributed by atoms with Crippen LogP contribution in [0.5, 0.6) is 0 Å². The molecule has 6 heteroatoms. The molecule has 5 rings (SSSR count). The average molecular weight is 425 g/mol. The number of nitrogen functional groups attached to an aromatic ring is 1. The van der Waals surface area contributed by atoms with Crippen LogP contribution >= 0.6 is 0 Å². The van der Waals surface area contributed by atoms with Gasteiger partial charge in [-0.15, -0.1) is 0 Å². The molecule has 0 spiro atoms. The number of para-hydroxylation sites is 1. The van der Waals surface area contributed by atoms with E-state index < -0.39 is 0 Å². The summed E-state index contributed by atoms with van der Waals surface area (Å²) in [5.74, 6) is 2.01. The Morgan fingerprint density at radius 2 is 1.69 bits per heavy atom. The fourth-order valence-corrected chi connectivity index (χ4v) is 4.32. The highest BCUT2D eigenvalue weighted by Crippen LogP contribution is 2.40. The third kappa shape index (κ3) is 4.55. The first-order valence-electron chi connectivity index (χ1n) is 11.2. The van der Waals surface area contributed by atoms with E-state index in [9.17, 15) is 0 Å². The lowest BCUT2D eigenvalue weighted by atomic mass is 9.79. The summed E-state index contributed by atoms with van der Waals surface area (Å²) >= 11 is 0. The Labute approximate surface area is 188 Å². The van der Waals surface area contributed by atoms with Crippen LogP contribution in [0.2, 0.25) is 0 Å². The van der Waals surface area contributed by atoms with Crippen LogP contribution in [0.15, 0.2) is 66.7 Å². The lowest BCUT2D eigenvalue weighted by molar-refractivity contribution is 0.310. The quantitative estimate of drug-likeness (QED) is 0.422. The minimum Gasteiger partial charge on any atom is -0.368 e. The lowest BCUT2D eigenvalue weighted by Crippen LogP contribution is -2.20. The van der Waals surface area contributed by atoms with Crippen LogP contribution < -0.4 is 11.1 Å². The maximum Gasteiger partial charge on any atom is 0.232 e. The van der Waals surface area contributed by atoms with Crippen LogP contribution in [0.1, 0.15) is 42.1 Å². The number of rotatable bonds is 7. The molecule has 4 aromatic rings. The van der Waals surface area contributed by atoms with E-state index in [4.69, 9.17) is 5.73 Å². The van der Waals surface area contributed by atoms with Crippen molar-refractivity contribution in [2.24, 2.45) is 0 Å². The van der Waals surface area contributed by atoms with Crippen molar-refractivity contribution in [2.75, 3.05) is 18.1 Å². The lowest BCUT2D eigenvalue weighted by Gasteiger charge is -2.27. The van der Waals surface area contributed by atoms with Crippen molar-refractivity contribution in [3.63, 3.8) is 0 Å². The second-order valence-corrected chi connectivity index (χ2v) is 8.63. The van der Waals surface area contributed by atoms with E-state index in [2.05, 4.69) is 92.9 Å². The van der Waals surface area contributed by atoms with Crippen molar-refractivity contribution in [1.82, 2.24) is 19.9 Å². The molecular formula is C26H28N6. The van der Waals surface area contributed by atoms with Crippen LogP contribution in [-0.4, -0.2) is 26.9 Å². The zero-order chi connectivity index (χ0) is 21.9. The number of hydrogen-bond donors (Lipinski definition) is 2. The molecule has 0 radical (unpaired) electrons. The van der Waals surface area contributed by atoms with Gasteiger partial charge in [-0.3, -0.25) is 4.90 Å². The van der Waals surface area contributed by atoms with Gasteiger partial charge < -0.3 is 11.1 Å². The van der Waals surface area contributed by atoms with Crippen LogP contribution in [0.25, 0.3) is 10.8 Å². The molecule has 1 aromatic heterocycles. The van der Waals surface area contributed by atoms with Gasteiger partial charge in [-0.05, 0) is 59.8 Å². The molecule has 0 amide bonds. The van der Waals surface area contributed by atoms with Gasteiger partial charge in [-0.2, -0.15) is 15.0 Å². The highest BCUT2D eigenvalue weighted by Gasteiger charge is 2.22. The van der Waals surface area contributed by atoms with E-state index in [0.29, 0.717) is 24.2 Å². The second kappa shape index (κ2) is 8.93. The Morgan fingerprint density at radius 3 is 2.50 bits per heavy atom. The fourth-order valence-electron chi connectivity index (χ4n) is 4.32. The first kappa shape index (κ1) is 20.4. The summed E-state index contributed by atoms with van der Waals surface area (Å²) in [5, 5.41) is 5.89. The van der Waals surface area contributed by atoms with Crippen molar-refractivity contribution in [2.45, 2.75) is 38.3 Å². The highest BCUT2D eigenvalue weighted by atomic mass is 15.2. The Bertz CT molecular complexity index is 1230. The number of aromatic nitrogens is 3. The SMILES string of the molecule is CN(Cc1ccc2ccccc2c1)Cc1nc(N)nc(Nc2ccccc2C2CCC2)n1. The van der Waals surface area contributed by atoms with Crippen molar-refractivity contribution in [3.8, 4) is 0 Å². The third-order valence-corrected chi connectivity index (χ3v) is 6.13. The van der Waals surface area contributed by atoms with Gasteiger partial charge in [0.25, 0.3) is 0 Å². The summed E-state index contributed by atoms with van der Waals surface area (Å²) < 4.78 is 0. The fraction of sp³-hybridized carbons (Fsp3) is 0.269. The average Bonchev–Trinajstić information content (AvgIpc) is 2.73. The largest absolute Gasteiger partial charge is 0.368 e. The van der Waals surface area contributed by atoms with E-state index in [1.54, 1.807) is 0 Å². The third-order valence-electron chi connectivity index (χ3n) is 6.13. The van der Waals surface area contributed by atoms with Gasteiger partial charge in [0.05, 0.1) is 6.54 Å². The molecule has 1 fully saturated rings. The number of nitrogens with one attached hydrogen (secondary N) is 1. The molecule has 0 bridgehead atoms. The van der Waals surface area contributed by atoms with Gasteiger partial charge in [-0.25, -0.2) is 0 Å². The number of benzene rings is 3. The van der Waals surface area contributed by atoms with E-state index in [0.717, 1.165) is 12.2 Å². The van der Waals surface area contributed by atoms with Gasteiger partial charge in [0.2, 0.25) is 11.9 Å². The summed E-state index contributed by atoms with van der Waals surface area (Å²) in [7, 11) is 2.06. The normalized spacial score (nSPS) is 13.9. The molecule has 3 aromatic carbocycles. The Morgan fingerprint density at radius 1 is 0.906 bits per heavy atom. The van der Waals surface area contributed by atoms with Gasteiger partial charge in [0.1, 0.15) is 5.82 Å². The minimum atomic E-state index is 0.234. The molecule has 1 aliphatic carbocycles. The Hall–Kier alpha value is -3.51. The molecule has 0 aliphatic heterocycles. The predicted molar refractivity (Wildman–Crippen MR) is 130 cm³/mol. The standard InChI is InChI=1S/C26H28N6/c1-32(16-18-13-14-19-7-2-3-8-21(19)15-18)17-24-29-25(27)31-26(30-24)28-23-12-5-4-11-22(23)20-9-6-10-20/h2-5,7-8,11-15,20H,6,9-10,16-17H2,1H3,(H3,27,28,29,30,31). The number of fused-ring (bicyclic) bond motifs is 1. The topological polar surface area (TPSA) is 80.0 Å². The van der Waals surface area contributed by atoms with E-state index in [1.165, 1.54) is 41.2 Å². The molecule has 1 heterocycles. The maximum absolute atomic E-state index is 6.02. The highest BCUT2D eigenvalue weighted by molar-refractivity contribution is 5.82. The van der Waals surface area contributed by atoms with E-state index in [1.807, 2.05) is 6.07 Å². The van der Waals surface area contributed by atoms with Gasteiger partial charge in [-0.1, -0.05) is 61.0 Å². The number of hydrogen-bond acceptors (Lipinski definition) is 6. The van der Waals surface area contributed by atoms with E-state index in [-0.39, 0.29) is 5.95 Å².